The van der Waals surface area contributed by atoms with Gasteiger partial charge in [-0.2, -0.15) is 0 Å². The molecule has 8 heteroatoms. The third-order valence-electron chi connectivity index (χ3n) is 12.7. The minimum absolute atomic E-state index is 0.0220. The first-order valence-corrected chi connectivity index (χ1v) is 23.3. The number of halogens is 1. The maximum Gasteiger partial charge on any atom is 0.220 e. The van der Waals surface area contributed by atoms with E-state index in [1.165, 1.54) is 70.6 Å². The fraction of sp³-hybridized carbons (Fsp3) is 0.519. The molecule has 324 valence electrons. The average molecular weight is 838 g/mol. The van der Waals surface area contributed by atoms with E-state index in [9.17, 15) is 15.0 Å². The molecule has 0 bridgehead atoms. The van der Waals surface area contributed by atoms with Crippen LogP contribution in [0.5, 0.6) is 0 Å². The number of aliphatic hydroxyl groups excluding tert-OH is 1. The number of piperidine rings is 1. The van der Waals surface area contributed by atoms with Crippen LogP contribution in [0.1, 0.15) is 161 Å². The second-order valence-corrected chi connectivity index (χ2v) is 17.7. The summed E-state index contributed by atoms with van der Waals surface area (Å²) in [7, 11) is 0. The number of hydrogen-bond acceptors (Lipinski definition) is 6. The summed E-state index contributed by atoms with van der Waals surface area (Å²) < 4.78 is 13.9. The summed E-state index contributed by atoms with van der Waals surface area (Å²) in [6, 6.07) is 34.3. The second-order valence-electron chi connectivity index (χ2n) is 17.2. The van der Waals surface area contributed by atoms with Crippen molar-refractivity contribution in [2.45, 2.75) is 153 Å². The number of ether oxygens (including phenoxy) is 2. The topological polar surface area (TPSA) is 91.3 Å². The number of hydrogen-bond donors (Lipinski definition) is 3. The lowest BCUT2D eigenvalue weighted by atomic mass is 9.81. The molecule has 0 saturated carbocycles. The van der Waals surface area contributed by atoms with Gasteiger partial charge in [0.05, 0.1) is 24.4 Å². The van der Waals surface area contributed by atoms with E-state index in [4.69, 9.17) is 21.1 Å². The van der Waals surface area contributed by atoms with Gasteiger partial charge >= 0.3 is 0 Å². The number of unbranched alkanes of at least 4 members (excludes halogenated alkanes) is 12. The van der Waals surface area contributed by atoms with E-state index in [2.05, 4.69) is 77.8 Å². The monoisotopic (exact) mass is 836 g/mol. The summed E-state index contributed by atoms with van der Waals surface area (Å²) >= 11 is 6.16. The number of aliphatic hydroxyl groups is 2. The predicted molar refractivity (Wildman–Crippen MR) is 243 cm³/mol. The van der Waals surface area contributed by atoms with Crippen molar-refractivity contribution in [3.05, 3.63) is 142 Å². The highest BCUT2D eigenvalue weighted by Gasteiger charge is 2.44. The molecule has 0 spiro atoms. The van der Waals surface area contributed by atoms with Crippen LogP contribution in [0.4, 0.5) is 0 Å². The molecule has 2 aliphatic rings. The molecule has 0 radical (unpaired) electrons. The minimum Gasteiger partial charge on any atom is -0.392 e. The Morgan fingerprint density at radius 3 is 1.87 bits per heavy atom. The SMILES string of the molecule is CCCCCCCCCCCCCCCC(=O)NCc1ccc(C2O[C@H](CN3CCC(O)(c4ccc(Cl)cc4)CC3)[C@@H](c3ccccc3)[C@H](c3ccc(CO)cc3)O2)cc1. The Hall–Kier alpha value is -3.56. The smallest absolute Gasteiger partial charge is 0.220 e. The molecular formula is C52H69ClN2O5. The van der Waals surface area contributed by atoms with Crippen LogP contribution in [0.2, 0.25) is 5.02 Å². The number of nitrogens with zero attached hydrogens (tertiary/aromatic N) is 1. The third-order valence-corrected chi connectivity index (χ3v) is 13.0. The van der Waals surface area contributed by atoms with Crippen LogP contribution in [-0.4, -0.2) is 46.8 Å². The maximum atomic E-state index is 12.7. The third kappa shape index (κ3) is 13.7. The van der Waals surface area contributed by atoms with Crippen LogP contribution in [0.3, 0.4) is 0 Å². The normalized spacial score (nSPS) is 20.5. The van der Waals surface area contributed by atoms with Crippen LogP contribution < -0.4 is 5.32 Å². The van der Waals surface area contributed by atoms with Crippen molar-refractivity contribution in [1.29, 1.82) is 0 Å². The van der Waals surface area contributed by atoms with Gasteiger partial charge in [-0.1, -0.05) is 187 Å². The maximum absolute atomic E-state index is 12.7. The molecule has 0 aromatic heterocycles. The molecule has 3 N–H and O–H groups in total. The Morgan fingerprint density at radius 2 is 1.27 bits per heavy atom. The summed E-state index contributed by atoms with van der Waals surface area (Å²) in [6.45, 7) is 4.85. The van der Waals surface area contributed by atoms with E-state index in [-0.39, 0.29) is 30.6 Å². The molecule has 2 fully saturated rings. The summed E-state index contributed by atoms with van der Waals surface area (Å²) in [6.07, 6.45) is 17.5. The van der Waals surface area contributed by atoms with Gasteiger partial charge in [0.1, 0.15) is 0 Å². The predicted octanol–water partition coefficient (Wildman–Crippen LogP) is 11.9. The van der Waals surface area contributed by atoms with Crippen LogP contribution in [0.25, 0.3) is 0 Å². The number of likely N-dealkylation sites (tertiary alicyclic amines) is 1. The Bertz CT molecular complexity index is 1810. The van der Waals surface area contributed by atoms with E-state index in [0.29, 0.717) is 37.4 Å². The van der Waals surface area contributed by atoms with Crippen molar-refractivity contribution in [1.82, 2.24) is 10.2 Å². The average Bonchev–Trinajstić information content (AvgIpc) is 3.28. The summed E-state index contributed by atoms with van der Waals surface area (Å²) in [5.74, 6) is -0.000777. The second kappa shape index (κ2) is 24.2. The van der Waals surface area contributed by atoms with Gasteiger partial charge in [-0.15, -0.1) is 0 Å². The number of rotatable bonds is 23. The van der Waals surface area contributed by atoms with Gasteiger partial charge in [0.15, 0.2) is 6.29 Å². The highest BCUT2D eigenvalue weighted by Crippen LogP contribution is 2.47. The van der Waals surface area contributed by atoms with E-state index in [1.54, 1.807) is 0 Å². The van der Waals surface area contributed by atoms with Crippen molar-refractivity contribution in [3.63, 3.8) is 0 Å². The number of benzene rings is 4. The molecule has 4 atom stereocenters. The van der Waals surface area contributed by atoms with E-state index in [1.807, 2.05) is 42.5 Å². The molecule has 7 nitrogen and oxygen atoms in total. The summed E-state index contributed by atoms with van der Waals surface area (Å²) in [5, 5.41) is 25.3. The van der Waals surface area contributed by atoms with Gasteiger partial charge in [0.25, 0.3) is 0 Å². The molecular weight excluding hydrogens is 768 g/mol. The fourth-order valence-electron chi connectivity index (χ4n) is 8.96. The van der Waals surface area contributed by atoms with Gasteiger partial charge in [-0.25, -0.2) is 0 Å². The zero-order valence-corrected chi connectivity index (χ0v) is 36.7. The Balaban J connectivity index is 1.05. The van der Waals surface area contributed by atoms with Crippen LogP contribution in [-0.2, 0) is 33.0 Å². The van der Waals surface area contributed by atoms with Crippen molar-refractivity contribution < 1.29 is 24.5 Å². The number of amides is 1. The molecule has 60 heavy (non-hydrogen) atoms. The molecule has 2 heterocycles. The number of carbonyl (C=O) groups is 1. The van der Waals surface area contributed by atoms with Crippen LogP contribution in [0.15, 0.2) is 103 Å². The standard InChI is InChI=1S/C52H69ClN2O5/c1-2-3-4-5-6-7-8-9-10-11-12-13-17-20-48(57)54-37-40-21-27-44(28-22-40)51-59-47(38-55-35-33-52(58,34-36-55)45-29-31-46(53)32-30-45)49(42-18-15-14-16-19-42)50(60-51)43-25-23-41(39-56)24-26-43/h14-16,18-19,21-32,47,49-51,56,58H,2-13,17,20,33-39H2,1H3,(H,54,57)/t47-,49-,50+,51?/m1/s1. The highest BCUT2D eigenvalue weighted by atomic mass is 35.5. The Morgan fingerprint density at radius 1 is 0.700 bits per heavy atom. The largest absolute Gasteiger partial charge is 0.392 e. The lowest BCUT2D eigenvalue weighted by molar-refractivity contribution is -0.264. The van der Waals surface area contributed by atoms with E-state index >= 15 is 0 Å². The van der Waals surface area contributed by atoms with Gasteiger partial charge in [0, 0.05) is 49.1 Å². The first kappa shape index (κ1) is 46.0. The van der Waals surface area contributed by atoms with Gasteiger partial charge in [-0.05, 0) is 59.2 Å². The quantitative estimate of drug-likeness (QED) is 0.0645. The molecule has 6 rings (SSSR count). The lowest BCUT2D eigenvalue weighted by Gasteiger charge is -2.46. The molecule has 2 aliphatic heterocycles. The summed E-state index contributed by atoms with van der Waals surface area (Å²) in [5.41, 5.74) is 4.97. The van der Waals surface area contributed by atoms with Gasteiger partial charge < -0.3 is 29.9 Å². The van der Waals surface area contributed by atoms with Crippen molar-refractivity contribution in [2.24, 2.45) is 0 Å². The number of nitrogens with one attached hydrogen (secondary N) is 1. The van der Waals surface area contributed by atoms with E-state index in [0.717, 1.165) is 59.3 Å². The minimum atomic E-state index is -0.899. The molecule has 2 saturated heterocycles. The van der Waals surface area contributed by atoms with Crippen LogP contribution >= 0.6 is 11.6 Å². The van der Waals surface area contributed by atoms with Crippen molar-refractivity contribution in [3.8, 4) is 0 Å². The van der Waals surface area contributed by atoms with E-state index < -0.39 is 11.9 Å². The zero-order chi connectivity index (χ0) is 42.0. The van der Waals surface area contributed by atoms with Crippen LogP contribution in [0, 0.1) is 0 Å². The Labute approximate surface area is 364 Å². The van der Waals surface area contributed by atoms with Crippen molar-refractivity contribution in [2.75, 3.05) is 19.6 Å². The van der Waals surface area contributed by atoms with Gasteiger partial charge in [-0.3, -0.25) is 4.79 Å². The summed E-state index contributed by atoms with van der Waals surface area (Å²) in [4.78, 5) is 15.1. The highest BCUT2D eigenvalue weighted by molar-refractivity contribution is 6.30. The molecule has 4 aromatic rings. The first-order valence-electron chi connectivity index (χ1n) is 23.0. The molecule has 1 unspecified atom stereocenters. The first-order chi connectivity index (χ1) is 29.3. The fourth-order valence-corrected chi connectivity index (χ4v) is 9.09. The molecule has 0 aliphatic carbocycles. The van der Waals surface area contributed by atoms with Gasteiger partial charge in [0.2, 0.25) is 5.91 Å². The Kier molecular flexibility index (Phi) is 18.5. The lowest BCUT2D eigenvalue weighted by Crippen LogP contribution is -2.49. The molecule has 4 aromatic carbocycles. The zero-order valence-electron chi connectivity index (χ0n) is 35.9. The van der Waals surface area contributed by atoms with Crippen molar-refractivity contribution >= 4 is 17.5 Å². The number of carbonyl (C=O) groups excluding carboxylic acids is 1. The molecule has 1 amide bonds.